The average molecular weight is 1520 g/mol. The topological polar surface area (TPSA) is 82.6 Å². The molecule has 4 fully saturated rings. The Bertz CT molecular complexity index is 4710. The molecule has 592 valence electrons. The van der Waals surface area contributed by atoms with E-state index in [9.17, 15) is 4.57 Å². The Morgan fingerprint density at radius 1 is 0.518 bits per heavy atom. The highest BCUT2D eigenvalue weighted by atomic mass is 31.2. The third kappa shape index (κ3) is 22.2. The summed E-state index contributed by atoms with van der Waals surface area (Å²) in [5.41, 5.74) is 27.3. The highest BCUT2D eigenvalue weighted by Crippen LogP contribution is 2.46. The van der Waals surface area contributed by atoms with Crippen molar-refractivity contribution in [3.8, 4) is 5.75 Å². The Labute approximate surface area is 676 Å². The van der Waals surface area contributed by atoms with Crippen molar-refractivity contribution < 1.29 is 9.30 Å². The zero-order valence-corrected chi connectivity index (χ0v) is 71.9. The molecule has 9 heteroatoms. The van der Waals surface area contributed by atoms with Gasteiger partial charge in [0, 0.05) is 48.5 Å². The van der Waals surface area contributed by atoms with Gasteiger partial charge in [-0.3, -0.25) is 0 Å². The van der Waals surface area contributed by atoms with Crippen LogP contribution in [0.1, 0.15) is 247 Å². The van der Waals surface area contributed by atoms with E-state index in [1.54, 1.807) is 37.8 Å². The fourth-order valence-corrected chi connectivity index (χ4v) is 19.8. The van der Waals surface area contributed by atoms with Gasteiger partial charge in [-0.25, -0.2) is 4.98 Å². The third-order valence-electron chi connectivity index (χ3n) is 25.4. The minimum absolute atomic E-state index is 0.153. The van der Waals surface area contributed by atoms with Crippen LogP contribution in [0.4, 0.5) is 28.8 Å². The molecule has 0 spiro atoms. The summed E-state index contributed by atoms with van der Waals surface area (Å²) < 4.78 is 18.5. The molecule has 1 saturated heterocycles. The average Bonchev–Trinajstić information content (AvgIpc) is 1.09. The molecule has 1 unspecified atom stereocenters. The minimum atomic E-state index is -2.45. The molecule has 4 aliphatic carbocycles. The lowest BCUT2D eigenvalue weighted by atomic mass is 9.68. The Hall–Kier alpha value is -8.29. The molecule has 0 amide bonds. The highest BCUT2D eigenvalue weighted by molar-refractivity contribution is 7.70. The summed E-state index contributed by atoms with van der Waals surface area (Å²) in [6, 6.07) is 63.0. The first-order valence-electron chi connectivity index (χ1n) is 43.0. The maximum absolute atomic E-state index is 12.8. The SMILES string of the molecule is CCc1cc(C2=CC(C3CCCCC3)C=C2)ccc1Cc1ccc(C)c(Cc2ccccc2C(C)(C)C)c1.CCc1cc(C2CCC(C3CCC(C)CC3)CC2)ccc1Cc1cccc(Cc2ccccc2C(C)(C)C)c1.COc1cc(N2CCCN(C)CC2)ccc1Nc1ncc(C)c(Nc2ccccc2P(C)(C)=O)n1. The van der Waals surface area contributed by atoms with Crippen LogP contribution >= 0.6 is 7.14 Å². The number of para-hydroxylation sites is 1. The number of allylic oxidation sites excluding steroid dienone is 4. The zero-order chi connectivity index (χ0) is 79.1. The van der Waals surface area contributed by atoms with Crippen LogP contribution in [0.15, 0.2) is 194 Å². The molecule has 2 N–H and O–H groups in total. The van der Waals surface area contributed by atoms with Crippen molar-refractivity contribution in [1.29, 1.82) is 0 Å². The summed E-state index contributed by atoms with van der Waals surface area (Å²) in [6.07, 6.45) is 35.2. The second kappa shape index (κ2) is 38.2. The number of ether oxygens (including phenoxy) is 1. The van der Waals surface area contributed by atoms with Gasteiger partial charge in [0.15, 0.2) is 0 Å². The van der Waals surface area contributed by atoms with Crippen molar-refractivity contribution in [3.63, 3.8) is 0 Å². The summed E-state index contributed by atoms with van der Waals surface area (Å²) in [4.78, 5) is 13.9. The third-order valence-corrected chi connectivity index (χ3v) is 27.0. The quantitative estimate of drug-likeness (QED) is 0.0689. The van der Waals surface area contributed by atoms with Crippen LogP contribution < -0.4 is 25.6 Å². The van der Waals surface area contributed by atoms with Crippen LogP contribution in [0.2, 0.25) is 0 Å². The van der Waals surface area contributed by atoms with Crippen molar-refractivity contribution in [3.05, 3.63) is 283 Å². The minimum Gasteiger partial charge on any atom is -0.494 e. The van der Waals surface area contributed by atoms with E-state index in [1.165, 1.54) is 161 Å². The highest BCUT2D eigenvalue weighted by Gasteiger charge is 2.32. The number of nitrogens with zero attached hydrogens (tertiary/aromatic N) is 4. The first-order valence-corrected chi connectivity index (χ1v) is 45.6. The molecule has 14 rings (SSSR count). The number of anilines is 5. The number of likely N-dealkylation sites (N-methyl/N-ethyl adjacent to an activating group) is 1. The van der Waals surface area contributed by atoms with Crippen molar-refractivity contribution in [2.45, 2.75) is 221 Å². The number of aromatic nitrogens is 2. The van der Waals surface area contributed by atoms with Crippen LogP contribution in [-0.4, -0.2) is 68.5 Å². The molecular weight excluding hydrogens is 1380 g/mol. The lowest BCUT2D eigenvalue weighted by molar-refractivity contribution is 0.165. The molecule has 0 bridgehead atoms. The van der Waals surface area contributed by atoms with Gasteiger partial charge in [-0.1, -0.05) is 252 Å². The van der Waals surface area contributed by atoms with Crippen LogP contribution in [-0.2, 0) is 53.9 Å². The van der Waals surface area contributed by atoms with Gasteiger partial charge in [0.05, 0.1) is 18.5 Å². The smallest absolute Gasteiger partial charge is 0.229 e. The molecule has 8 nitrogen and oxygen atoms in total. The molecule has 2 heterocycles. The summed E-state index contributed by atoms with van der Waals surface area (Å²) in [6.45, 7) is 32.9. The number of rotatable bonds is 21. The van der Waals surface area contributed by atoms with E-state index in [2.05, 4.69) is 259 Å². The number of hydrogen-bond acceptors (Lipinski definition) is 8. The Morgan fingerprint density at radius 2 is 1.13 bits per heavy atom. The Kier molecular flexibility index (Phi) is 28.4. The van der Waals surface area contributed by atoms with E-state index < -0.39 is 7.14 Å². The maximum atomic E-state index is 12.8. The number of benzene rings is 8. The van der Waals surface area contributed by atoms with Gasteiger partial charge in [0.1, 0.15) is 18.7 Å². The van der Waals surface area contributed by atoms with E-state index in [4.69, 9.17) is 9.72 Å². The Morgan fingerprint density at radius 3 is 1.79 bits per heavy atom. The van der Waals surface area contributed by atoms with Gasteiger partial charge in [0.2, 0.25) is 5.95 Å². The molecular formula is C103H133N6O2P. The van der Waals surface area contributed by atoms with E-state index in [1.807, 2.05) is 37.3 Å². The van der Waals surface area contributed by atoms with Crippen molar-refractivity contribution in [2.75, 3.05) is 69.2 Å². The molecule has 112 heavy (non-hydrogen) atoms. The molecule has 5 aliphatic rings. The van der Waals surface area contributed by atoms with Crippen LogP contribution in [0.3, 0.4) is 0 Å². The second-order valence-corrected chi connectivity index (χ2v) is 39.5. The number of aryl methyl sites for hydroxylation is 4. The number of hydrogen-bond donors (Lipinski definition) is 2. The van der Waals surface area contributed by atoms with E-state index >= 15 is 0 Å². The molecule has 3 saturated carbocycles. The summed E-state index contributed by atoms with van der Waals surface area (Å²) in [5.74, 6) is 7.11. The van der Waals surface area contributed by atoms with Crippen molar-refractivity contribution >= 4 is 46.8 Å². The molecule has 0 radical (unpaired) electrons. The predicted molar refractivity (Wildman–Crippen MR) is 480 cm³/mol. The summed E-state index contributed by atoms with van der Waals surface area (Å²) >= 11 is 0. The van der Waals surface area contributed by atoms with Gasteiger partial charge in [-0.2, -0.15) is 4.98 Å². The van der Waals surface area contributed by atoms with Gasteiger partial charge >= 0.3 is 0 Å². The van der Waals surface area contributed by atoms with Crippen LogP contribution in [0.25, 0.3) is 5.57 Å². The number of nitrogens with one attached hydrogen (secondary N) is 2. The molecule has 1 aromatic heterocycles. The molecule has 8 aromatic carbocycles. The Balaban J connectivity index is 0.000000156. The summed E-state index contributed by atoms with van der Waals surface area (Å²) in [5, 5.41) is 7.46. The fourth-order valence-electron chi connectivity index (χ4n) is 18.7. The monoisotopic (exact) mass is 1520 g/mol. The second-order valence-electron chi connectivity index (χ2n) is 36.3. The summed E-state index contributed by atoms with van der Waals surface area (Å²) in [7, 11) is 1.39. The first-order chi connectivity index (χ1) is 53.8. The fraction of sp³-hybridized carbons (Fsp3) is 0.456. The maximum Gasteiger partial charge on any atom is 0.229 e. The zero-order valence-electron chi connectivity index (χ0n) is 71.0. The standard InChI is InChI=1S/C39H52.C38H46.C26H35N6O2P/c1-6-31-27-36(34-20-18-33(19-21-34)32-16-14-28(2)15-17-32)23-22-35(31)25-29-10-9-11-30(24-29)26-37-12-7-8-13-38(37)39(3,4)5;1-6-29-24-33(34-21-19-32(25-34)30-12-8-7-9-13-30)20-18-31(29)22-28-17-16-27(2)36(23-28)26-35-14-10-11-15-37(35)38(3,4)5;1-19-18-27-26(30-25(19)28-22-9-6-7-10-24(22)35(4,5)33)29-21-12-11-20(17-23(21)34-3)32-14-8-13-31(2)15-16-32/h7-13,22-24,27-28,32-34H,6,14-21,25-26H2,1-5H3;10-11,14-21,23-25,30,32H,6-9,12-13,22,26H2,1-5H3;6-7,9-12,17-18H,8,13-16H2,1-5H3,(H2,27,28,29,30). The normalized spacial score (nSPS) is 19.2. The first kappa shape index (κ1) is 83.1. The predicted octanol–water partition coefficient (Wildman–Crippen LogP) is 25.7. The van der Waals surface area contributed by atoms with Crippen molar-refractivity contribution in [2.24, 2.45) is 29.6 Å². The lowest BCUT2D eigenvalue weighted by Gasteiger charge is -2.37. The van der Waals surface area contributed by atoms with Gasteiger partial charge < -0.3 is 29.7 Å². The largest absolute Gasteiger partial charge is 0.494 e. The van der Waals surface area contributed by atoms with Gasteiger partial charge in [0.25, 0.3) is 0 Å². The van der Waals surface area contributed by atoms with E-state index in [0.717, 1.165) is 134 Å². The molecule has 9 aromatic rings. The van der Waals surface area contributed by atoms with Crippen LogP contribution in [0.5, 0.6) is 5.75 Å². The van der Waals surface area contributed by atoms with Crippen LogP contribution in [0, 0.1) is 43.4 Å². The van der Waals surface area contributed by atoms with Gasteiger partial charge in [-0.15, -0.1) is 0 Å². The lowest BCUT2D eigenvalue weighted by Crippen LogP contribution is -2.28. The van der Waals surface area contributed by atoms with E-state index in [0.29, 0.717) is 17.7 Å². The van der Waals surface area contributed by atoms with E-state index in [-0.39, 0.29) is 10.8 Å². The number of methoxy groups -OCH3 is 1. The molecule has 1 atom stereocenters. The molecule has 1 aliphatic heterocycles. The van der Waals surface area contributed by atoms with Crippen molar-refractivity contribution in [1.82, 2.24) is 14.9 Å². The van der Waals surface area contributed by atoms with Gasteiger partial charge in [-0.05, 0) is 297 Å².